The molecule has 0 bridgehead atoms. The van der Waals surface area contributed by atoms with E-state index in [-0.39, 0.29) is 11.9 Å². The van der Waals surface area contributed by atoms with Gasteiger partial charge in [-0.2, -0.15) is 4.98 Å². The number of nitrogens with zero attached hydrogens (tertiary/aromatic N) is 2. The van der Waals surface area contributed by atoms with Crippen LogP contribution in [-0.2, 0) is 4.79 Å². The number of carbonyl (C=O) groups is 1. The lowest BCUT2D eigenvalue weighted by Gasteiger charge is -2.24. The Kier molecular flexibility index (Phi) is 3.63. The average molecular weight is 256 g/mol. The Morgan fingerprint density at radius 1 is 1.59 bits per heavy atom. The Bertz CT molecular complexity index is 415. The standard InChI is InChI=1S/C10H14ClN5O/c1-12-10-14-5-7(11)9(16-10)15-6-2-3-8(17)13-4-6/h5-6H,2-4H2,1H3,(H,13,17)(H2,12,14,15,16). The molecular formula is C10H14ClN5O. The van der Waals surface area contributed by atoms with E-state index in [4.69, 9.17) is 11.6 Å². The third-order valence-electron chi connectivity index (χ3n) is 2.57. The predicted molar refractivity (Wildman–Crippen MR) is 66.2 cm³/mol. The normalized spacial score (nSPS) is 19.6. The maximum absolute atomic E-state index is 11.0. The van der Waals surface area contributed by atoms with E-state index in [2.05, 4.69) is 25.9 Å². The molecule has 1 aliphatic rings. The summed E-state index contributed by atoms with van der Waals surface area (Å²) in [4.78, 5) is 19.3. The number of amides is 1. The maximum atomic E-state index is 11.0. The molecule has 0 radical (unpaired) electrons. The van der Waals surface area contributed by atoms with Crippen molar-refractivity contribution in [1.82, 2.24) is 15.3 Å². The summed E-state index contributed by atoms with van der Waals surface area (Å²) in [6.45, 7) is 0.591. The number of hydrogen-bond acceptors (Lipinski definition) is 5. The molecule has 1 atom stereocenters. The van der Waals surface area contributed by atoms with Gasteiger partial charge in [-0.1, -0.05) is 11.6 Å². The lowest BCUT2D eigenvalue weighted by molar-refractivity contribution is -0.122. The van der Waals surface area contributed by atoms with E-state index >= 15 is 0 Å². The summed E-state index contributed by atoms with van der Waals surface area (Å²) in [5, 5.41) is 9.32. The molecule has 0 aromatic carbocycles. The summed E-state index contributed by atoms with van der Waals surface area (Å²) < 4.78 is 0. The molecule has 1 aliphatic heterocycles. The van der Waals surface area contributed by atoms with Crippen molar-refractivity contribution >= 4 is 29.3 Å². The molecule has 1 aromatic heterocycles. The number of halogens is 1. The van der Waals surface area contributed by atoms with E-state index in [0.717, 1.165) is 6.42 Å². The van der Waals surface area contributed by atoms with Crippen LogP contribution in [0.25, 0.3) is 0 Å². The zero-order chi connectivity index (χ0) is 12.3. The van der Waals surface area contributed by atoms with Gasteiger partial charge < -0.3 is 16.0 Å². The van der Waals surface area contributed by atoms with Crippen LogP contribution in [0.1, 0.15) is 12.8 Å². The van der Waals surface area contributed by atoms with Crippen molar-refractivity contribution < 1.29 is 4.79 Å². The van der Waals surface area contributed by atoms with Gasteiger partial charge in [0.15, 0.2) is 5.82 Å². The first kappa shape index (κ1) is 11.9. The quantitative estimate of drug-likeness (QED) is 0.747. The second-order valence-corrected chi connectivity index (χ2v) is 4.23. The van der Waals surface area contributed by atoms with Crippen molar-refractivity contribution in [2.24, 2.45) is 0 Å². The molecule has 3 N–H and O–H groups in total. The Balaban J connectivity index is 2.04. The first-order valence-corrected chi connectivity index (χ1v) is 5.80. The largest absolute Gasteiger partial charge is 0.364 e. The van der Waals surface area contributed by atoms with Gasteiger partial charge in [0.05, 0.1) is 6.20 Å². The molecule has 1 fully saturated rings. The smallest absolute Gasteiger partial charge is 0.224 e. The van der Waals surface area contributed by atoms with Gasteiger partial charge in [0.2, 0.25) is 11.9 Å². The van der Waals surface area contributed by atoms with Crippen molar-refractivity contribution in [3.8, 4) is 0 Å². The topological polar surface area (TPSA) is 78.9 Å². The van der Waals surface area contributed by atoms with Crippen LogP contribution in [0.4, 0.5) is 11.8 Å². The van der Waals surface area contributed by atoms with Gasteiger partial charge in [-0.05, 0) is 6.42 Å². The van der Waals surface area contributed by atoms with Crippen LogP contribution in [0.5, 0.6) is 0 Å². The van der Waals surface area contributed by atoms with E-state index in [1.54, 1.807) is 13.2 Å². The first-order chi connectivity index (χ1) is 8.19. The highest BCUT2D eigenvalue weighted by molar-refractivity contribution is 6.32. The molecule has 2 heterocycles. The van der Waals surface area contributed by atoms with Crippen molar-refractivity contribution in [1.29, 1.82) is 0 Å². The van der Waals surface area contributed by atoms with Gasteiger partial charge in [0, 0.05) is 26.1 Å². The van der Waals surface area contributed by atoms with Crippen molar-refractivity contribution in [3.63, 3.8) is 0 Å². The zero-order valence-electron chi connectivity index (χ0n) is 9.46. The second kappa shape index (κ2) is 5.18. The molecule has 2 rings (SSSR count). The van der Waals surface area contributed by atoms with Crippen LogP contribution in [0.3, 0.4) is 0 Å². The summed E-state index contributed by atoms with van der Waals surface area (Å²) in [5.41, 5.74) is 0. The van der Waals surface area contributed by atoms with E-state index in [0.29, 0.717) is 29.8 Å². The molecule has 1 aromatic rings. The summed E-state index contributed by atoms with van der Waals surface area (Å²) in [6.07, 6.45) is 2.85. The molecule has 7 heteroatoms. The van der Waals surface area contributed by atoms with Gasteiger partial charge in [0.25, 0.3) is 0 Å². The predicted octanol–water partition coefficient (Wildman–Crippen LogP) is 0.862. The first-order valence-electron chi connectivity index (χ1n) is 5.42. The van der Waals surface area contributed by atoms with Crippen LogP contribution in [0.2, 0.25) is 5.02 Å². The van der Waals surface area contributed by atoms with Gasteiger partial charge in [-0.15, -0.1) is 0 Å². The van der Waals surface area contributed by atoms with E-state index in [9.17, 15) is 4.79 Å². The monoisotopic (exact) mass is 255 g/mol. The highest BCUT2D eigenvalue weighted by atomic mass is 35.5. The minimum atomic E-state index is 0.0905. The lowest BCUT2D eigenvalue weighted by atomic mass is 10.1. The fourth-order valence-corrected chi connectivity index (χ4v) is 1.78. The summed E-state index contributed by atoms with van der Waals surface area (Å²) in [5.74, 6) is 1.19. The van der Waals surface area contributed by atoms with Crippen molar-refractivity contribution in [2.75, 3.05) is 24.2 Å². The van der Waals surface area contributed by atoms with Crippen LogP contribution in [-0.4, -0.2) is 35.5 Å². The molecule has 0 aliphatic carbocycles. The minimum Gasteiger partial charge on any atom is -0.364 e. The summed E-state index contributed by atoms with van der Waals surface area (Å²) in [7, 11) is 1.74. The molecule has 0 spiro atoms. The number of hydrogen-bond donors (Lipinski definition) is 3. The third-order valence-corrected chi connectivity index (χ3v) is 2.85. The fourth-order valence-electron chi connectivity index (χ4n) is 1.64. The molecule has 17 heavy (non-hydrogen) atoms. The van der Waals surface area contributed by atoms with E-state index in [1.807, 2.05) is 0 Å². The van der Waals surface area contributed by atoms with Crippen molar-refractivity contribution in [3.05, 3.63) is 11.2 Å². The molecule has 0 saturated carbocycles. The molecule has 1 unspecified atom stereocenters. The van der Waals surface area contributed by atoms with Gasteiger partial charge in [-0.3, -0.25) is 4.79 Å². The number of anilines is 2. The molecule has 6 nitrogen and oxygen atoms in total. The number of aromatic nitrogens is 2. The fraction of sp³-hybridized carbons (Fsp3) is 0.500. The Morgan fingerprint density at radius 2 is 2.41 bits per heavy atom. The number of piperidine rings is 1. The highest BCUT2D eigenvalue weighted by Gasteiger charge is 2.19. The van der Waals surface area contributed by atoms with Crippen LogP contribution < -0.4 is 16.0 Å². The van der Waals surface area contributed by atoms with Gasteiger partial charge >= 0.3 is 0 Å². The number of nitrogens with one attached hydrogen (secondary N) is 3. The average Bonchev–Trinajstić information content (AvgIpc) is 2.35. The highest BCUT2D eigenvalue weighted by Crippen LogP contribution is 2.21. The molecule has 1 amide bonds. The molecule has 92 valence electrons. The van der Waals surface area contributed by atoms with E-state index in [1.165, 1.54) is 0 Å². The van der Waals surface area contributed by atoms with E-state index < -0.39 is 0 Å². The van der Waals surface area contributed by atoms with Crippen LogP contribution >= 0.6 is 11.6 Å². The Morgan fingerprint density at radius 3 is 3.06 bits per heavy atom. The lowest BCUT2D eigenvalue weighted by Crippen LogP contribution is -2.42. The molecule has 1 saturated heterocycles. The second-order valence-electron chi connectivity index (χ2n) is 3.82. The van der Waals surface area contributed by atoms with Crippen molar-refractivity contribution in [2.45, 2.75) is 18.9 Å². The number of rotatable bonds is 3. The Hall–Kier alpha value is -1.56. The Labute approximate surface area is 104 Å². The maximum Gasteiger partial charge on any atom is 0.224 e. The molecular weight excluding hydrogens is 242 g/mol. The van der Waals surface area contributed by atoms with Crippen LogP contribution in [0.15, 0.2) is 6.20 Å². The zero-order valence-corrected chi connectivity index (χ0v) is 10.2. The summed E-state index contributed by atoms with van der Waals surface area (Å²) >= 11 is 6.00. The number of carbonyl (C=O) groups excluding carboxylic acids is 1. The third kappa shape index (κ3) is 2.97. The van der Waals surface area contributed by atoms with Gasteiger partial charge in [0.1, 0.15) is 5.02 Å². The van der Waals surface area contributed by atoms with Crippen LogP contribution in [0, 0.1) is 0 Å². The van der Waals surface area contributed by atoms with Gasteiger partial charge in [-0.25, -0.2) is 4.98 Å². The summed E-state index contributed by atoms with van der Waals surface area (Å²) in [6, 6.07) is 0.157. The minimum absolute atomic E-state index is 0.0905. The SMILES string of the molecule is CNc1ncc(Cl)c(NC2CCC(=O)NC2)n1.